The molecule has 4 aromatic carbocycles. The van der Waals surface area contributed by atoms with Gasteiger partial charge in [-0.1, -0.05) is 97.1 Å². The van der Waals surface area contributed by atoms with Gasteiger partial charge in [0.05, 0.1) is 17.7 Å². The van der Waals surface area contributed by atoms with E-state index >= 15 is 0 Å². The number of anilines is 1. The van der Waals surface area contributed by atoms with Crippen molar-refractivity contribution in [2.75, 3.05) is 18.0 Å². The van der Waals surface area contributed by atoms with Gasteiger partial charge in [-0.05, 0) is 80.6 Å². The maximum absolute atomic E-state index is 14.8. The number of nitrogens with zero attached hydrogens (tertiary/aromatic N) is 2. The van der Waals surface area contributed by atoms with Crippen LogP contribution < -0.4 is 14.4 Å². The summed E-state index contributed by atoms with van der Waals surface area (Å²) in [7, 11) is -2.60. The molecule has 5 rings (SSSR count). The monoisotopic (exact) mass is 681 g/mol. The first-order chi connectivity index (χ1) is 23.5. The lowest BCUT2D eigenvalue weighted by atomic mass is 9.94. The Morgan fingerprint density at radius 2 is 1.49 bits per heavy atom. The molecule has 0 spiro atoms. The maximum Gasteiger partial charge on any atom is 0.264 e. The van der Waals surface area contributed by atoms with E-state index in [2.05, 4.69) is 5.32 Å². The highest BCUT2D eigenvalue weighted by Gasteiger charge is 2.36. The third-order valence-electron chi connectivity index (χ3n) is 9.22. The summed E-state index contributed by atoms with van der Waals surface area (Å²) in [6.07, 6.45) is 5.28. The van der Waals surface area contributed by atoms with E-state index in [4.69, 9.17) is 4.74 Å². The van der Waals surface area contributed by atoms with Crippen molar-refractivity contribution in [2.24, 2.45) is 0 Å². The van der Waals surface area contributed by atoms with Gasteiger partial charge in [-0.15, -0.1) is 0 Å². The molecule has 1 atom stereocenters. The number of methoxy groups -OCH3 is 1. The summed E-state index contributed by atoms with van der Waals surface area (Å²) in [5, 5.41) is 3.26. The Kier molecular flexibility index (Phi) is 11.8. The molecule has 9 heteroatoms. The van der Waals surface area contributed by atoms with Crippen LogP contribution in [0.5, 0.6) is 5.75 Å². The molecule has 1 fully saturated rings. The Bertz CT molecular complexity index is 1840. The molecule has 1 aliphatic carbocycles. The lowest BCUT2D eigenvalue weighted by Gasteiger charge is -2.35. The average molecular weight is 682 g/mol. The molecule has 0 bridgehead atoms. The van der Waals surface area contributed by atoms with Crippen molar-refractivity contribution in [2.45, 2.75) is 82.8 Å². The Morgan fingerprint density at radius 3 is 2.16 bits per heavy atom. The standard InChI is InChI=1S/C40H47N3O5S/c1-29-18-21-36(22-19-29)49(46,47)43(37-23-20-30(2)24-31(37)3)28-39(44)42(27-33-14-11-17-35(25-33)48-4)38(26-32-12-7-5-8-13-32)40(45)41-34-15-9-6-10-16-34/h5,7-8,11-14,17-25,34,38H,6,9-10,15-16,26-28H2,1-4H3,(H,41,45). The van der Waals surface area contributed by atoms with Gasteiger partial charge in [0.1, 0.15) is 18.3 Å². The Balaban J connectivity index is 1.59. The average Bonchev–Trinajstić information content (AvgIpc) is 3.10. The van der Waals surface area contributed by atoms with Crippen LogP contribution in [0.4, 0.5) is 5.69 Å². The molecule has 1 N–H and O–H groups in total. The van der Waals surface area contributed by atoms with Crippen LogP contribution in [0, 0.1) is 20.8 Å². The summed E-state index contributed by atoms with van der Waals surface area (Å²) in [4.78, 5) is 30.8. The second-order valence-corrected chi connectivity index (χ2v) is 14.9. The third kappa shape index (κ3) is 9.09. The second kappa shape index (κ2) is 16.2. The first kappa shape index (κ1) is 35.7. The quantitative estimate of drug-likeness (QED) is 0.166. The van der Waals surface area contributed by atoms with Gasteiger partial charge in [0.25, 0.3) is 10.0 Å². The van der Waals surface area contributed by atoms with Crippen LogP contribution in [0.1, 0.15) is 59.9 Å². The number of hydrogen-bond acceptors (Lipinski definition) is 5. The van der Waals surface area contributed by atoms with Crippen molar-refractivity contribution in [1.29, 1.82) is 0 Å². The zero-order valence-electron chi connectivity index (χ0n) is 28.9. The van der Waals surface area contributed by atoms with Crippen molar-refractivity contribution in [1.82, 2.24) is 10.2 Å². The van der Waals surface area contributed by atoms with Crippen LogP contribution in [0.15, 0.2) is 102 Å². The summed E-state index contributed by atoms with van der Waals surface area (Å²) >= 11 is 0. The van der Waals surface area contributed by atoms with Gasteiger partial charge in [0, 0.05) is 19.0 Å². The van der Waals surface area contributed by atoms with E-state index in [1.807, 2.05) is 87.5 Å². The van der Waals surface area contributed by atoms with Gasteiger partial charge in [-0.3, -0.25) is 13.9 Å². The highest BCUT2D eigenvalue weighted by molar-refractivity contribution is 7.92. The van der Waals surface area contributed by atoms with Gasteiger partial charge in [0.15, 0.2) is 0 Å². The van der Waals surface area contributed by atoms with Crippen molar-refractivity contribution < 1.29 is 22.7 Å². The van der Waals surface area contributed by atoms with Crippen LogP contribution in [-0.2, 0) is 32.6 Å². The number of aryl methyl sites for hydroxylation is 3. The molecular formula is C40H47N3O5S. The number of rotatable bonds is 13. The number of sulfonamides is 1. The van der Waals surface area contributed by atoms with Crippen molar-refractivity contribution in [3.05, 3.63) is 125 Å². The minimum atomic E-state index is -4.18. The molecule has 0 radical (unpaired) electrons. The summed E-state index contributed by atoms with van der Waals surface area (Å²) < 4.78 is 35.5. The van der Waals surface area contributed by atoms with Crippen LogP contribution in [0.3, 0.4) is 0 Å². The normalized spacial score (nSPS) is 14.1. The Labute approximate surface area is 291 Å². The van der Waals surface area contributed by atoms with Gasteiger partial charge in [-0.2, -0.15) is 0 Å². The van der Waals surface area contributed by atoms with Crippen molar-refractivity contribution in [3.8, 4) is 5.75 Å². The smallest absolute Gasteiger partial charge is 0.264 e. The fraction of sp³-hybridized carbons (Fsp3) is 0.350. The van der Waals surface area contributed by atoms with E-state index in [-0.39, 0.29) is 29.8 Å². The molecule has 4 aromatic rings. The predicted octanol–water partition coefficient (Wildman–Crippen LogP) is 6.90. The van der Waals surface area contributed by atoms with Crippen molar-refractivity contribution in [3.63, 3.8) is 0 Å². The van der Waals surface area contributed by atoms with Crippen LogP contribution in [-0.4, -0.2) is 50.9 Å². The van der Waals surface area contributed by atoms with Gasteiger partial charge < -0.3 is 15.0 Å². The lowest BCUT2D eigenvalue weighted by molar-refractivity contribution is -0.140. The molecule has 2 amide bonds. The summed E-state index contributed by atoms with van der Waals surface area (Å²) in [6.45, 7) is 5.26. The van der Waals surface area contributed by atoms with Gasteiger partial charge in [-0.25, -0.2) is 8.42 Å². The highest BCUT2D eigenvalue weighted by atomic mass is 32.2. The Hall–Kier alpha value is -4.63. The number of benzene rings is 4. The second-order valence-electron chi connectivity index (χ2n) is 13.0. The van der Waals surface area contributed by atoms with Crippen LogP contribution >= 0.6 is 0 Å². The molecular weight excluding hydrogens is 635 g/mol. The van der Waals surface area contributed by atoms with Crippen LogP contribution in [0.25, 0.3) is 0 Å². The highest BCUT2D eigenvalue weighted by Crippen LogP contribution is 2.29. The molecule has 0 heterocycles. The number of nitrogens with one attached hydrogen (secondary N) is 1. The number of carbonyl (C=O) groups is 2. The van der Waals surface area contributed by atoms with E-state index in [0.29, 0.717) is 11.4 Å². The maximum atomic E-state index is 14.8. The molecule has 258 valence electrons. The fourth-order valence-corrected chi connectivity index (χ4v) is 7.98. The number of hydrogen-bond donors (Lipinski definition) is 1. The lowest BCUT2D eigenvalue weighted by Crippen LogP contribution is -2.55. The van der Waals surface area contributed by atoms with E-state index in [1.54, 1.807) is 42.3 Å². The van der Waals surface area contributed by atoms with E-state index < -0.39 is 28.5 Å². The topological polar surface area (TPSA) is 96.0 Å². The zero-order valence-corrected chi connectivity index (χ0v) is 29.7. The van der Waals surface area contributed by atoms with E-state index in [0.717, 1.165) is 59.9 Å². The fourth-order valence-electron chi connectivity index (χ4n) is 6.50. The molecule has 0 aliphatic heterocycles. The number of amides is 2. The summed E-state index contributed by atoms with van der Waals surface area (Å²) in [5.41, 5.74) is 4.68. The largest absolute Gasteiger partial charge is 0.497 e. The summed E-state index contributed by atoms with van der Waals surface area (Å²) in [5.74, 6) is -0.111. The first-order valence-corrected chi connectivity index (χ1v) is 18.4. The summed E-state index contributed by atoms with van der Waals surface area (Å²) in [6, 6.07) is 28.3. The third-order valence-corrected chi connectivity index (χ3v) is 11.0. The zero-order chi connectivity index (χ0) is 35.0. The molecule has 49 heavy (non-hydrogen) atoms. The van der Waals surface area contributed by atoms with E-state index in [9.17, 15) is 18.0 Å². The minimum absolute atomic E-state index is 0.0296. The number of carbonyl (C=O) groups excluding carboxylic acids is 2. The van der Waals surface area contributed by atoms with Crippen LogP contribution in [0.2, 0.25) is 0 Å². The first-order valence-electron chi connectivity index (χ1n) is 17.0. The van der Waals surface area contributed by atoms with Crippen molar-refractivity contribution >= 4 is 27.5 Å². The molecule has 0 saturated heterocycles. The van der Waals surface area contributed by atoms with E-state index in [1.165, 1.54) is 4.31 Å². The number of ether oxygens (including phenoxy) is 1. The molecule has 1 unspecified atom stereocenters. The minimum Gasteiger partial charge on any atom is -0.497 e. The SMILES string of the molecule is COc1cccc(CN(C(=O)CN(c2ccc(C)cc2C)S(=O)(=O)c2ccc(C)cc2)C(Cc2ccccc2)C(=O)NC2CCCCC2)c1. The Morgan fingerprint density at radius 1 is 0.816 bits per heavy atom. The van der Waals surface area contributed by atoms with Gasteiger partial charge >= 0.3 is 0 Å². The molecule has 1 saturated carbocycles. The molecule has 1 aliphatic rings. The van der Waals surface area contributed by atoms with Gasteiger partial charge in [0.2, 0.25) is 11.8 Å². The molecule has 8 nitrogen and oxygen atoms in total. The predicted molar refractivity (Wildman–Crippen MR) is 194 cm³/mol. The molecule has 0 aromatic heterocycles.